The average Bonchev–Trinajstić information content (AvgIpc) is 2.57. The van der Waals surface area contributed by atoms with Crippen LogP contribution in [0.3, 0.4) is 0 Å². The van der Waals surface area contributed by atoms with Gasteiger partial charge in [0, 0.05) is 20.1 Å². The standard InChI is InChI=1S/C17H20BrN3O2/c1-3-8-23-14-5-4-13-11-21(7-6-12(13)9-14)15-10-19-20(2)17(22)16(15)18/h4-5,9-10H,3,6-8,11H2,1-2H3. The van der Waals surface area contributed by atoms with Gasteiger partial charge >= 0.3 is 0 Å². The van der Waals surface area contributed by atoms with E-state index in [4.69, 9.17) is 4.74 Å². The fourth-order valence-corrected chi connectivity index (χ4v) is 3.38. The largest absolute Gasteiger partial charge is 0.494 e. The highest BCUT2D eigenvalue weighted by Gasteiger charge is 2.20. The molecule has 2 aromatic rings. The third-order valence-electron chi connectivity index (χ3n) is 4.06. The SMILES string of the molecule is CCCOc1ccc2c(c1)CCN(c1cnn(C)c(=O)c1Br)C2. The Hall–Kier alpha value is -1.82. The van der Waals surface area contributed by atoms with Gasteiger partial charge in [0.1, 0.15) is 10.2 Å². The minimum atomic E-state index is -0.114. The molecule has 0 N–H and O–H groups in total. The van der Waals surface area contributed by atoms with Crippen molar-refractivity contribution in [3.8, 4) is 5.75 Å². The molecule has 122 valence electrons. The van der Waals surface area contributed by atoms with Crippen LogP contribution in [0.2, 0.25) is 0 Å². The van der Waals surface area contributed by atoms with Gasteiger partial charge in [-0.15, -0.1) is 0 Å². The maximum Gasteiger partial charge on any atom is 0.282 e. The molecular formula is C17H20BrN3O2. The second-order valence-electron chi connectivity index (χ2n) is 5.72. The van der Waals surface area contributed by atoms with Crippen LogP contribution < -0.4 is 15.2 Å². The summed E-state index contributed by atoms with van der Waals surface area (Å²) in [6, 6.07) is 6.28. The molecule has 1 aromatic carbocycles. The van der Waals surface area contributed by atoms with Gasteiger partial charge in [-0.05, 0) is 52.0 Å². The Kier molecular flexibility index (Phi) is 4.71. The molecule has 1 aliphatic rings. The number of fused-ring (bicyclic) bond motifs is 1. The molecular weight excluding hydrogens is 358 g/mol. The molecule has 1 aromatic heterocycles. The van der Waals surface area contributed by atoms with E-state index in [1.165, 1.54) is 15.8 Å². The van der Waals surface area contributed by atoms with Crippen LogP contribution >= 0.6 is 15.9 Å². The van der Waals surface area contributed by atoms with E-state index in [1.54, 1.807) is 13.2 Å². The van der Waals surface area contributed by atoms with Crippen molar-refractivity contribution >= 4 is 21.6 Å². The third-order valence-corrected chi connectivity index (χ3v) is 4.81. The number of rotatable bonds is 4. The smallest absolute Gasteiger partial charge is 0.282 e. The van der Waals surface area contributed by atoms with Gasteiger partial charge in [-0.2, -0.15) is 5.10 Å². The number of ether oxygens (including phenoxy) is 1. The average molecular weight is 378 g/mol. The van der Waals surface area contributed by atoms with Gasteiger partial charge < -0.3 is 9.64 Å². The second kappa shape index (κ2) is 6.74. The maximum absolute atomic E-state index is 12.0. The van der Waals surface area contributed by atoms with Crippen LogP contribution in [0, 0.1) is 0 Å². The predicted molar refractivity (Wildman–Crippen MR) is 94.2 cm³/mol. The van der Waals surface area contributed by atoms with Gasteiger partial charge in [-0.25, -0.2) is 4.68 Å². The third kappa shape index (κ3) is 3.27. The highest BCUT2D eigenvalue weighted by atomic mass is 79.9. The van der Waals surface area contributed by atoms with Crippen LogP contribution in [0.4, 0.5) is 5.69 Å². The highest BCUT2D eigenvalue weighted by Crippen LogP contribution is 2.29. The zero-order valence-corrected chi connectivity index (χ0v) is 15.0. The van der Waals surface area contributed by atoms with E-state index in [9.17, 15) is 4.79 Å². The van der Waals surface area contributed by atoms with Gasteiger partial charge in [0.05, 0.1) is 18.5 Å². The zero-order valence-electron chi connectivity index (χ0n) is 13.4. The van der Waals surface area contributed by atoms with E-state index in [-0.39, 0.29) is 5.56 Å². The molecule has 6 heteroatoms. The van der Waals surface area contributed by atoms with Crippen LogP contribution in [0.25, 0.3) is 0 Å². The van der Waals surface area contributed by atoms with Gasteiger partial charge in [-0.1, -0.05) is 13.0 Å². The number of aryl methyl sites for hydroxylation is 1. The lowest BCUT2D eigenvalue weighted by atomic mass is 9.99. The lowest BCUT2D eigenvalue weighted by Crippen LogP contribution is -2.33. The van der Waals surface area contributed by atoms with Crippen LogP contribution in [-0.2, 0) is 20.0 Å². The number of halogens is 1. The Morgan fingerprint density at radius 3 is 2.96 bits per heavy atom. The van der Waals surface area contributed by atoms with Gasteiger partial charge in [0.15, 0.2) is 0 Å². The number of nitrogens with zero attached hydrogens (tertiary/aromatic N) is 3. The van der Waals surface area contributed by atoms with Crippen molar-refractivity contribution in [3.05, 3.63) is 50.3 Å². The summed E-state index contributed by atoms with van der Waals surface area (Å²) in [5.41, 5.74) is 3.33. The normalized spacial score (nSPS) is 13.8. The molecule has 0 unspecified atom stereocenters. The molecule has 0 fully saturated rings. The molecule has 2 heterocycles. The molecule has 0 atom stereocenters. The van der Waals surface area contributed by atoms with E-state index >= 15 is 0 Å². The Balaban J connectivity index is 1.83. The monoisotopic (exact) mass is 377 g/mol. The summed E-state index contributed by atoms with van der Waals surface area (Å²) in [7, 11) is 1.65. The summed E-state index contributed by atoms with van der Waals surface area (Å²) in [6.45, 7) is 4.48. The van der Waals surface area contributed by atoms with Crippen molar-refractivity contribution in [1.82, 2.24) is 9.78 Å². The van der Waals surface area contributed by atoms with E-state index in [1.807, 2.05) is 6.07 Å². The van der Waals surface area contributed by atoms with Crippen LogP contribution in [0.5, 0.6) is 5.75 Å². The van der Waals surface area contributed by atoms with E-state index in [2.05, 4.69) is 45.0 Å². The summed E-state index contributed by atoms with van der Waals surface area (Å²) < 4.78 is 7.61. The number of aromatic nitrogens is 2. The molecule has 0 saturated carbocycles. The highest BCUT2D eigenvalue weighted by molar-refractivity contribution is 9.10. The number of anilines is 1. The number of hydrogen-bond acceptors (Lipinski definition) is 4. The molecule has 1 aliphatic heterocycles. The quantitative estimate of drug-likeness (QED) is 0.821. The lowest BCUT2D eigenvalue weighted by Gasteiger charge is -2.31. The Morgan fingerprint density at radius 2 is 2.17 bits per heavy atom. The summed E-state index contributed by atoms with van der Waals surface area (Å²) >= 11 is 3.41. The first-order chi connectivity index (χ1) is 11.1. The van der Waals surface area contributed by atoms with Crippen molar-refractivity contribution in [2.45, 2.75) is 26.3 Å². The van der Waals surface area contributed by atoms with Crippen LogP contribution in [0.1, 0.15) is 24.5 Å². The minimum absolute atomic E-state index is 0.114. The summed E-state index contributed by atoms with van der Waals surface area (Å²) in [6.07, 6.45) is 3.68. The maximum atomic E-state index is 12.0. The van der Waals surface area contributed by atoms with E-state index in [0.717, 1.165) is 44.0 Å². The Labute approximate surface area is 144 Å². The van der Waals surface area contributed by atoms with Gasteiger partial charge in [0.2, 0.25) is 0 Å². The first kappa shape index (κ1) is 16.1. The van der Waals surface area contributed by atoms with Gasteiger partial charge in [-0.3, -0.25) is 4.79 Å². The molecule has 0 amide bonds. The number of benzene rings is 1. The van der Waals surface area contributed by atoms with Crippen LogP contribution in [-0.4, -0.2) is 22.9 Å². The lowest BCUT2D eigenvalue weighted by molar-refractivity contribution is 0.317. The first-order valence-electron chi connectivity index (χ1n) is 7.81. The van der Waals surface area contributed by atoms with Crippen molar-refractivity contribution in [1.29, 1.82) is 0 Å². The van der Waals surface area contributed by atoms with Crippen molar-refractivity contribution < 1.29 is 4.74 Å². The van der Waals surface area contributed by atoms with Crippen molar-refractivity contribution in [3.63, 3.8) is 0 Å². The summed E-state index contributed by atoms with van der Waals surface area (Å²) in [5, 5.41) is 4.13. The minimum Gasteiger partial charge on any atom is -0.494 e. The zero-order chi connectivity index (χ0) is 16.4. The topological polar surface area (TPSA) is 47.4 Å². The van der Waals surface area contributed by atoms with Crippen LogP contribution in [0.15, 0.2) is 33.7 Å². The van der Waals surface area contributed by atoms with E-state index < -0.39 is 0 Å². The first-order valence-corrected chi connectivity index (χ1v) is 8.60. The fraction of sp³-hybridized carbons (Fsp3) is 0.412. The molecule has 3 rings (SSSR count). The molecule has 0 radical (unpaired) electrons. The molecule has 0 bridgehead atoms. The molecule has 5 nitrogen and oxygen atoms in total. The van der Waals surface area contributed by atoms with E-state index in [0.29, 0.717) is 4.47 Å². The predicted octanol–water partition coefficient (Wildman–Crippen LogP) is 2.89. The fourth-order valence-electron chi connectivity index (χ4n) is 2.77. The Morgan fingerprint density at radius 1 is 1.35 bits per heavy atom. The molecule has 0 aliphatic carbocycles. The van der Waals surface area contributed by atoms with Crippen molar-refractivity contribution in [2.24, 2.45) is 7.05 Å². The molecule has 23 heavy (non-hydrogen) atoms. The Bertz CT molecular complexity index is 773. The second-order valence-corrected chi connectivity index (χ2v) is 6.52. The summed E-state index contributed by atoms with van der Waals surface area (Å²) in [5.74, 6) is 0.940. The molecule has 0 spiro atoms. The van der Waals surface area contributed by atoms with Gasteiger partial charge in [0.25, 0.3) is 5.56 Å². The number of hydrogen-bond donors (Lipinski definition) is 0. The van der Waals surface area contributed by atoms with Crippen molar-refractivity contribution in [2.75, 3.05) is 18.1 Å². The molecule has 0 saturated heterocycles. The summed E-state index contributed by atoms with van der Waals surface area (Å²) in [4.78, 5) is 14.2.